The third-order valence-electron chi connectivity index (χ3n) is 4.46. The molecule has 1 aliphatic heterocycles. The number of ether oxygens (including phenoxy) is 1. The predicted molar refractivity (Wildman–Crippen MR) is 99.9 cm³/mol. The van der Waals surface area contributed by atoms with E-state index in [4.69, 9.17) is 9.26 Å². The summed E-state index contributed by atoms with van der Waals surface area (Å²) >= 11 is 0. The molecule has 7 nitrogen and oxygen atoms in total. The van der Waals surface area contributed by atoms with E-state index in [0.717, 1.165) is 56.8 Å². The van der Waals surface area contributed by atoms with E-state index in [-0.39, 0.29) is 5.54 Å². The molecule has 0 bridgehead atoms. The highest BCUT2D eigenvalue weighted by molar-refractivity contribution is 5.79. The highest BCUT2D eigenvalue weighted by Crippen LogP contribution is 2.16. The Morgan fingerprint density at radius 2 is 2.04 bits per heavy atom. The van der Waals surface area contributed by atoms with Crippen LogP contribution in [0.1, 0.15) is 52.0 Å². The zero-order chi connectivity index (χ0) is 18.3. The Hall–Kier alpha value is -1.60. The Labute approximate surface area is 151 Å². The van der Waals surface area contributed by atoms with Gasteiger partial charge in [0.2, 0.25) is 0 Å². The van der Waals surface area contributed by atoms with Crippen LogP contribution in [0.2, 0.25) is 0 Å². The summed E-state index contributed by atoms with van der Waals surface area (Å²) in [5, 5.41) is 10.8. The van der Waals surface area contributed by atoms with Crippen molar-refractivity contribution in [3.63, 3.8) is 0 Å². The van der Waals surface area contributed by atoms with Gasteiger partial charge < -0.3 is 19.9 Å². The number of nitrogens with zero attached hydrogens (tertiary/aromatic N) is 3. The van der Waals surface area contributed by atoms with Gasteiger partial charge in [-0.25, -0.2) is 4.99 Å². The van der Waals surface area contributed by atoms with Gasteiger partial charge in [-0.05, 0) is 26.7 Å². The smallest absolute Gasteiger partial charge is 0.191 e. The first-order valence-electron chi connectivity index (χ1n) is 9.23. The first kappa shape index (κ1) is 19.7. The van der Waals surface area contributed by atoms with Crippen LogP contribution >= 0.6 is 0 Å². The van der Waals surface area contributed by atoms with E-state index in [1.54, 1.807) is 0 Å². The lowest BCUT2D eigenvalue weighted by atomic mass is 10.0. The molecule has 2 rings (SSSR count). The maximum Gasteiger partial charge on any atom is 0.191 e. The van der Waals surface area contributed by atoms with Crippen molar-refractivity contribution in [2.75, 3.05) is 39.4 Å². The maximum absolute atomic E-state index is 5.45. The van der Waals surface area contributed by atoms with Crippen LogP contribution in [0.3, 0.4) is 0 Å². The molecule has 0 saturated carbocycles. The molecular weight excluding hydrogens is 318 g/mol. The lowest BCUT2D eigenvalue weighted by molar-refractivity contribution is -0.00834. The minimum Gasteiger partial charge on any atom is -0.379 e. The predicted octanol–water partition coefficient (Wildman–Crippen LogP) is 1.96. The van der Waals surface area contributed by atoms with E-state index in [1.165, 1.54) is 0 Å². The van der Waals surface area contributed by atoms with Crippen molar-refractivity contribution in [1.82, 2.24) is 20.7 Å². The second kappa shape index (κ2) is 9.20. The zero-order valence-electron chi connectivity index (χ0n) is 16.3. The van der Waals surface area contributed by atoms with E-state index >= 15 is 0 Å². The summed E-state index contributed by atoms with van der Waals surface area (Å²) in [5.41, 5.74) is 1.01. The number of morpholine rings is 1. The second-order valence-corrected chi connectivity index (χ2v) is 7.33. The van der Waals surface area contributed by atoms with Crippen molar-refractivity contribution in [2.24, 2.45) is 4.99 Å². The lowest BCUT2D eigenvalue weighted by Crippen LogP contribution is -2.56. The van der Waals surface area contributed by atoms with Crippen LogP contribution in [-0.2, 0) is 11.3 Å². The summed E-state index contributed by atoms with van der Waals surface area (Å²) in [4.78, 5) is 7.08. The van der Waals surface area contributed by atoms with Crippen molar-refractivity contribution in [1.29, 1.82) is 0 Å². The van der Waals surface area contributed by atoms with Gasteiger partial charge in [-0.15, -0.1) is 0 Å². The fourth-order valence-corrected chi connectivity index (χ4v) is 2.75. The van der Waals surface area contributed by atoms with Crippen LogP contribution in [0.25, 0.3) is 0 Å². The third-order valence-corrected chi connectivity index (χ3v) is 4.46. The Morgan fingerprint density at radius 3 is 2.64 bits per heavy atom. The van der Waals surface area contributed by atoms with Crippen molar-refractivity contribution >= 4 is 5.96 Å². The molecule has 1 aromatic rings. The van der Waals surface area contributed by atoms with Crippen molar-refractivity contribution in [3.05, 3.63) is 17.5 Å². The van der Waals surface area contributed by atoms with Gasteiger partial charge in [0, 0.05) is 37.8 Å². The molecule has 1 aliphatic rings. The molecule has 1 aromatic heterocycles. The van der Waals surface area contributed by atoms with Crippen molar-refractivity contribution < 1.29 is 9.26 Å². The van der Waals surface area contributed by atoms with E-state index in [9.17, 15) is 0 Å². The molecular formula is C18H33N5O2. The van der Waals surface area contributed by atoms with E-state index in [2.05, 4.69) is 60.3 Å². The highest BCUT2D eigenvalue weighted by Gasteiger charge is 2.28. The first-order valence-corrected chi connectivity index (χ1v) is 9.23. The minimum atomic E-state index is 0.0387. The molecule has 1 saturated heterocycles. The molecule has 142 valence electrons. The fraction of sp³-hybridized carbons (Fsp3) is 0.778. The fourth-order valence-electron chi connectivity index (χ4n) is 2.75. The average molecular weight is 351 g/mol. The Morgan fingerprint density at radius 1 is 1.32 bits per heavy atom. The van der Waals surface area contributed by atoms with Crippen LogP contribution in [0, 0.1) is 0 Å². The SMILES string of the molecule is CCNC(=NCc1cc(C(C)C)no1)NCC(C)(C)N1CCOCC1. The highest BCUT2D eigenvalue weighted by atomic mass is 16.5. The van der Waals surface area contributed by atoms with Gasteiger partial charge in [-0.3, -0.25) is 4.90 Å². The largest absolute Gasteiger partial charge is 0.379 e. The number of aromatic nitrogens is 1. The van der Waals surface area contributed by atoms with Gasteiger partial charge in [0.1, 0.15) is 6.54 Å². The van der Waals surface area contributed by atoms with Crippen molar-refractivity contribution in [2.45, 2.75) is 52.6 Å². The van der Waals surface area contributed by atoms with Gasteiger partial charge in [0.15, 0.2) is 11.7 Å². The molecule has 2 N–H and O–H groups in total. The minimum absolute atomic E-state index is 0.0387. The molecule has 0 aliphatic carbocycles. The van der Waals surface area contributed by atoms with Crippen LogP contribution in [0.4, 0.5) is 0 Å². The maximum atomic E-state index is 5.45. The molecule has 1 fully saturated rings. The number of aliphatic imine (C=N–C) groups is 1. The average Bonchev–Trinajstić information content (AvgIpc) is 3.07. The van der Waals surface area contributed by atoms with Crippen LogP contribution in [-0.4, -0.2) is 60.9 Å². The van der Waals surface area contributed by atoms with Gasteiger partial charge in [0.05, 0.1) is 18.9 Å². The lowest BCUT2D eigenvalue weighted by Gasteiger charge is -2.41. The molecule has 7 heteroatoms. The van der Waals surface area contributed by atoms with E-state index in [1.807, 2.05) is 6.07 Å². The topological polar surface area (TPSA) is 74.9 Å². The van der Waals surface area contributed by atoms with Gasteiger partial charge >= 0.3 is 0 Å². The van der Waals surface area contributed by atoms with Crippen LogP contribution < -0.4 is 10.6 Å². The standard InChI is InChI=1S/C18H33N5O2/c1-6-19-17(20-12-15-11-16(14(2)3)22-25-15)21-13-18(4,5)23-7-9-24-10-8-23/h11,14H,6-10,12-13H2,1-5H3,(H2,19,20,21). The van der Waals surface area contributed by atoms with Crippen LogP contribution in [0.15, 0.2) is 15.6 Å². The van der Waals surface area contributed by atoms with Gasteiger partial charge in [-0.1, -0.05) is 19.0 Å². The van der Waals surface area contributed by atoms with Crippen LogP contribution in [0.5, 0.6) is 0 Å². The van der Waals surface area contributed by atoms with E-state index in [0.29, 0.717) is 12.5 Å². The quantitative estimate of drug-likeness (QED) is 0.578. The summed E-state index contributed by atoms with van der Waals surface area (Å²) in [6, 6.07) is 1.98. The first-order chi connectivity index (χ1) is 11.9. The summed E-state index contributed by atoms with van der Waals surface area (Å²) < 4.78 is 10.8. The molecule has 0 radical (unpaired) electrons. The molecule has 2 heterocycles. The number of nitrogens with one attached hydrogen (secondary N) is 2. The number of guanidine groups is 1. The van der Waals surface area contributed by atoms with Gasteiger partial charge in [0.25, 0.3) is 0 Å². The molecule has 0 aromatic carbocycles. The molecule has 0 atom stereocenters. The third kappa shape index (κ3) is 6.01. The number of rotatable bonds is 7. The van der Waals surface area contributed by atoms with Crippen molar-refractivity contribution in [3.8, 4) is 0 Å². The number of hydrogen-bond acceptors (Lipinski definition) is 5. The molecule has 0 amide bonds. The molecule has 25 heavy (non-hydrogen) atoms. The Balaban J connectivity index is 1.92. The molecule has 0 unspecified atom stereocenters. The summed E-state index contributed by atoms with van der Waals surface area (Å²) in [7, 11) is 0. The Bertz CT molecular complexity index is 547. The summed E-state index contributed by atoms with van der Waals surface area (Å²) in [6.07, 6.45) is 0. The Kier molecular flexibility index (Phi) is 7.25. The number of hydrogen-bond donors (Lipinski definition) is 2. The monoisotopic (exact) mass is 351 g/mol. The summed E-state index contributed by atoms with van der Waals surface area (Å²) in [5.74, 6) is 1.95. The normalized spacial score (nSPS) is 17.1. The van der Waals surface area contributed by atoms with E-state index < -0.39 is 0 Å². The second-order valence-electron chi connectivity index (χ2n) is 7.33. The zero-order valence-corrected chi connectivity index (χ0v) is 16.3. The molecule has 0 spiro atoms. The summed E-state index contributed by atoms with van der Waals surface area (Å²) in [6.45, 7) is 16.4. The van der Waals surface area contributed by atoms with Gasteiger partial charge in [-0.2, -0.15) is 0 Å².